The maximum Gasteiger partial charge on any atom is 0.337 e. The number of rotatable bonds is 3. The highest BCUT2D eigenvalue weighted by Crippen LogP contribution is 2.27. The maximum absolute atomic E-state index is 11.2. The molecule has 0 bridgehead atoms. The Morgan fingerprint density at radius 3 is 2.67 bits per heavy atom. The molecule has 0 aliphatic carbocycles. The molecular weight excluding hydrogens is 198 g/mol. The molecule has 1 aromatic rings. The summed E-state index contributed by atoms with van der Waals surface area (Å²) in [6.45, 7) is 0. The molecule has 5 heteroatoms. The molecule has 5 nitrogen and oxygen atoms in total. The number of carbonyl (C=O) groups is 1. The first-order valence-corrected chi connectivity index (χ1v) is 4.07. The molecule has 0 heterocycles. The third kappa shape index (κ3) is 2.42. The zero-order valence-electron chi connectivity index (χ0n) is 8.31. The van der Waals surface area contributed by atoms with Crippen LogP contribution in [0.15, 0.2) is 23.2 Å². The molecular formula is C10H9NO4. The van der Waals surface area contributed by atoms with Crippen molar-refractivity contribution in [2.75, 3.05) is 14.2 Å². The molecule has 15 heavy (non-hydrogen) atoms. The van der Waals surface area contributed by atoms with E-state index in [1.807, 2.05) is 0 Å². The molecule has 1 aromatic carbocycles. The number of benzene rings is 1. The first kappa shape index (κ1) is 10.9. The summed E-state index contributed by atoms with van der Waals surface area (Å²) >= 11 is 0. The van der Waals surface area contributed by atoms with Gasteiger partial charge in [0.05, 0.1) is 19.8 Å². The van der Waals surface area contributed by atoms with Crippen LogP contribution in [-0.4, -0.2) is 26.3 Å². The van der Waals surface area contributed by atoms with Crippen molar-refractivity contribution in [2.24, 2.45) is 4.99 Å². The van der Waals surface area contributed by atoms with Gasteiger partial charge in [-0.2, -0.15) is 4.99 Å². The smallest absolute Gasteiger partial charge is 0.337 e. The standard InChI is InChI=1S/C10H9NO4/c1-14-9-5-7(10(13)15-2)3-4-8(9)11-6-12/h3-5H,1-2H3. The lowest BCUT2D eigenvalue weighted by Crippen LogP contribution is -2.01. The summed E-state index contributed by atoms with van der Waals surface area (Å²) in [6.07, 6.45) is 1.40. The average Bonchev–Trinajstić information content (AvgIpc) is 2.29. The Morgan fingerprint density at radius 2 is 2.13 bits per heavy atom. The predicted octanol–water partition coefficient (Wildman–Crippen LogP) is 1.45. The molecule has 0 amide bonds. The van der Waals surface area contributed by atoms with Crippen LogP contribution >= 0.6 is 0 Å². The van der Waals surface area contributed by atoms with Crippen LogP contribution < -0.4 is 4.74 Å². The molecule has 0 aromatic heterocycles. The van der Waals surface area contributed by atoms with Crippen LogP contribution in [0.4, 0.5) is 5.69 Å². The summed E-state index contributed by atoms with van der Waals surface area (Å²) in [4.78, 5) is 24.7. The van der Waals surface area contributed by atoms with E-state index in [0.29, 0.717) is 17.0 Å². The Kier molecular flexibility index (Phi) is 3.60. The quantitative estimate of drug-likeness (QED) is 0.427. The second kappa shape index (κ2) is 4.93. The Hall–Kier alpha value is -2.13. The van der Waals surface area contributed by atoms with Crippen LogP contribution in [0.1, 0.15) is 10.4 Å². The SMILES string of the molecule is COC(=O)c1ccc(N=C=O)c(OC)c1. The van der Waals surface area contributed by atoms with Crippen molar-refractivity contribution < 1.29 is 19.1 Å². The van der Waals surface area contributed by atoms with E-state index in [4.69, 9.17) is 4.74 Å². The first-order chi connectivity index (χ1) is 7.22. The van der Waals surface area contributed by atoms with E-state index in [-0.39, 0.29) is 0 Å². The molecule has 0 fully saturated rings. The Labute approximate surface area is 86.3 Å². The second-order valence-electron chi connectivity index (χ2n) is 2.58. The molecule has 78 valence electrons. The molecule has 0 unspecified atom stereocenters. The molecule has 0 saturated carbocycles. The number of ether oxygens (including phenoxy) is 2. The van der Waals surface area contributed by atoms with Crippen LogP contribution in [0.5, 0.6) is 5.75 Å². The number of isocyanates is 1. The van der Waals surface area contributed by atoms with Crippen molar-refractivity contribution >= 4 is 17.7 Å². The lowest BCUT2D eigenvalue weighted by molar-refractivity contribution is 0.0600. The van der Waals surface area contributed by atoms with Crippen LogP contribution in [0.2, 0.25) is 0 Å². The van der Waals surface area contributed by atoms with Crippen molar-refractivity contribution in [3.8, 4) is 5.75 Å². The van der Waals surface area contributed by atoms with Crippen LogP contribution in [-0.2, 0) is 9.53 Å². The van der Waals surface area contributed by atoms with Gasteiger partial charge in [0.2, 0.25) is 6.08 Å². The highest BCUT2D eigenvalue weighted by atomic mass is 16.5. The Balaban J connectivity index is 3.18. The predicted molar refractivity (Wildman–Crippen MR) is 52.1 cm³/mol. The lowest BCUT2D eigenvalue weighted by Gasteiger charge is -2.05. The number of carbonyl (C=O) groups excluding carboxylic acids is 2. The van der Waals surface area contributed by atoms with Gasteiger partial charge in [-0.3, -0.25) is 0 Å². The van der Waals surface area contributed by atoms with Crippen molar-refractivity contribution in [1.29, 1.82) is 0 Å². The lowest BCUT2D eigenvalue weighted by atomic mass is 10.2. The molecule has 0 aliphatic heterocycles. The number of aliphatic imine (C=N–C) groups is 1. The van der Waals surface area contributed by atoms with E-state index < -0.39 is 5.97 Å². The van der Waals surface area contributed by atoms with Gasteiger partial charge >= 0.3 is 5.97 Å². The third-order valence-electron chi connectivity index (χ3n) is 1.77. The topological polar surface area (TPSA) is 65.0 Å². The van der Waals surface area contributed by atoms with Gasteiger partial charge in [-0.15, -0.1) is 0 Å². The van der Waals surface area contributed by atoms with E-state index in [2.05, 4.69) is 9.73 Å². The average molecular weight is 207 g/mol. The fraction of sp³-hybridized carbons (Fsp3) is 0.200. The summed E-state index contributed by atoms with van der Waals surface area (Å²) in [5.74, 6) is -0.156. The molecule has 0 saturated heterocycles. The van der Waals surface area contributed by atoms with Crippen LogP contribution in [0.3, 0.4) is 0 Å². The van der Waals surface area contributed by atoms with Gasteiger partial charge in [-0.25, -0.2) is 9.59 Å². The van der Waals surface area contributed by atoms with Crippen molar-refractivity contribution in [3.05, 3.63) is 23.8 Å². The number of esters is 1. The van der Waals surface area contributed by atoms with E-state index in [0.717, 1.165) is 0 Å². The summed E-state index contributed by atoms with van der Waals surface area (Å²) < 4.78 is 9.49. The fourth-order valence-electron chi connectivity index (χ4n) is 1.06. The van der Waals surface area contributed by atoms with E-state index in [1.54, 1.807) is 0 Å². The molecule has 0 atom stereocenters. The summed E-state index contributed by atoms with van der Waals surface area (Å²) in [6, 6.07) is 4.42. The summed E-state index contributed by atoms with van der Waals surface area (Å²) in [5.41, 5.74) is 0.652. The fourth-order valence-corrected chi connectivity index (χ4v) is 1.06. The Bertz CT molecular complexity index is 421. The summed E-state index contributed by atoms with van der Waals surface area (Å²) in [5, 5.41) is 0. The minimum Gasteiger partial charge on any atom is -0.494 e. The molecule has 0 aliphatic rings. The second-order valence-corrected chi connectivity index (χ2v) is 2.58. The van der Waals surface area contributed by atoms with Gasteiger partial charge in [0, 0.05) is 0 Å². The van der Waals surface area contributed by atoms with Gasteiger partial charge < -0.3 is 9.47 Å². The normalized spacial score (nSPS) is 8.93. The van der Waals surface area contributed by atoms with Crippen molar-refractivity contribution in [2.45, 2.75) is 0 Å². The zero-order valence-corrected chi connectivity index (χ0v) is 8.31. The van der Waals surface area contributed by atoms with Crippen molar-refractivity contribution in [1.82, 2.24) is 0 Å². The van der Waals surface area contributed by atoms with Crippen LogP contribution in [0, 0.1) is 0 Å². The first-order valence-electron chi connectivity index (χ1n) is 4.07. The van der Waals surface area contributed by atoms with E-state index in [9.17, 15) is 9.59 Å². The summed E-state index contributed by atoms with van der Waals surface area (Å²) in [7, 11) is 2.70. The molecule has 0 N–H and O–H groups in total. The minimum atomic E-state index is -0.477. The maximum atomic E-state index is 11.2. The highest BCUT2D eigenvalue weighted by molar-refractivity contribution is 5.90. The van der Waals surface area contributed by atoms with Gasteiger partial charge in [-0.1, -0.05) is 0 Å². The van der Waals surface area contributed by atoms with E-state index in [1.165, 1.54) is 38.5 Å². The minimum absolute atomic E-state index is 0.320. The Morgan fingerprint density at radius 1 is 1.40 bits per heavy atom. The van der Waals surface area contributed by atoms with E-state index >= 15 is 0 Å². The third-order valence-corrected chi connectivity index (χ3v) is 1.77. The molecule has 0 radical (unpaired) electrons. The van der Waals surface area contributed by atoms with Gasteiger partial charge in [0.25, 0.3) is 0 Å². The molecule has 1 rings (SSSR count). The number of nitrogens with zero attached hydrogens (tertiary/aromatic N) is 1. The van der Waals surface area contributed by atoms with Gasteiger partial charge in [0.1, 0.15) is 11.4 Å². The zero-order chi connectivity index (χ0) is 11.3. The number of methoxy groups -OCH3 is 2. The monoisotopic (exact) mass is 207 g/mol. The number of hydrogen-bond acceptors (Lipinski definition) is 5. The van der Waals surface area contributed by atoms with Crippen LogP contribution in [0.25, 0.3) is 0 Å². The largest absolute Gasteiger partial charge is 0.494 e. The van der Waals surface area contributed by atoms with Gasteiger partial charge in [-0.05, 0) is 18.2 Å². The van der Waals surface area contributed by atoms with Crippen molar-refractivity contribution in [3.63, 3.8) is 0 Å². The van der Waals surface area contributed by atoms with Gasteiger partial charge in [0.15, 0.2) is 0 Å². The molecule has 0 spiro atoms. The highest BCUT2D eigenvalue weighted by Gasteiger charge is 2.09. The number of hydrogen-bond donors (Lipinski definition) is 0.